The fourth-order valence-corrected chi connectivity index (χ4v) is 3.87. The van der Waals surface area contributed by atoms with Gasteiger partial charge in [0.15, 0.2) is 11.5 Å². The molecule has 1 aliphatic rings. The Morgan fingerprint density at radius 1 is 1.04 bits per heavy atom. The third-order valence-corrected chi connectivity index (χ3v) is 5.06. The van der Waals surface area contributed by atoms with Gasteiger partial charge in [0.05, 0.1) is 19.8 Å². The van der Waals surface area contributed by atoms with Crippen LogP contribution in [0, 0.1) is 13.8 Å². The lowest BCUT2D eigenvalue weighted by atomic mass is 9.88. The third-order valence-electron chi connectivity index (χ3n) is 5.06. The zero-order valence-electron chi connectivity index (χ0n) is 17.3. The maximum Gasteiger partial charge on any atom is 0.161 e. The zero-order chi connectivity index (χ0) is 19.4. The van der Waals surface area contributed by atoms with Crippen molar-refractivity contribution in [1.29, 1.82) is 0 Å². The third kappa shape index (κ3) is 4.82. The first kappa shape index (κ1) is 19.7. The van der Waals surface area contributed by atoms with Gasteiger partial charge < -0.3 is 19.7 Å². The van der Waals surface area contributed by atoms with Crippen molar-refractivity contribution < 1.29 is 9.47 Å². The van der Waals surface area contributed by atoms with Crippen molar-refractivity contribution in [2.24, 2.45) is 0 Å². The van der Waals surface area contributed by atoms with Crippen LogP contribution in [0.1, 0.15) is 40.3 Å². The average molecular weight is 369 g/mol. The number of nitrogens with one attached hydrogen (secondary N) is 1. The Hall–Kier alpha value is -2.04. The van der Waals surface area contributed by atoms with Gasteiger partial charge in [-0.25, -0.2) is 0 Å². The van der Waals surface area contributed by atoms with E-state index in [-0.39, 0.29) is 6.04 Å². The minimum atomic E-state index is 0.197. The molecule has 0 saturated carbocycles. The van der Waals surface area contributed by atoms with E-state index in [4.69, 9.17) is 9.47 Å². The SMILES string of the molecule is COc1cc2c(cc1OCCCN(C)C)C(c1cc(C)cc(C)c1)NCC2. The molecule has 0 saturated heterocycles. The molecule has 4 heteroatoms. The maximum atomic E-state index is 6.10. The van der Waals surface area contributed by atoms with Crippen LogP contribution < -0.4 is 14.8 Å². The molecule has 0 aliphatic carbocycles. The van der Waals surface area contributed by atoms with Crippen LogP contribution in [0.3, 0.4) is 0 Å². The molecule has 0 fully saturated rings. The van der Waals surface area contributed by atoms with Crippen LogP contribution >= 0.6 is 0 Å². The molecule has 0 amide bonds. The second-order valence-corrected chi connectivity index (χ2v) is 7.77. The molecule has 1 atom stereocenters. The largest absolute Gasteiger partial charge is 0.493 e. The van der Waals surface area contributed by atoms with Crippen molar-refractivity contribution in [2.75, 3.05) is 40.9 Å². The normalized spacial score (nSPS) is 16.3. The smallest absolute Gasteiger partial charge is 0.161 e. The van der Waals surface area contributed by atoms with Gasteiger partial charge in [-0.1, -0.05) is 29.3 Å². The molecule has 0 bridgehead atoms. The van der Waals surface area contributed by atoms with Crippen LogP contribution in [0.2, 0.25) is 0 Å². The minimum Gasteiger partial charge on any atom is -0.493 e. The monoisotopic (exact) mass is 368 g/mol. The van der Waals surface area contributed by atoms with E-state index in [0.29, 0.717) is 6.61 Å². The number of nitrogens with zero attached hydrogens (tertiary/aromatic N) is 1. The molecule has 1 aliphatic heterocycles. The Labute approximate surface area is 163 Å². The number of benzene rings is 2. The van der Waals surface area contributed by atoms with Gasteiger partial charge in [0.1, 0.15) is 0 Å². The number of fused-ring (bicyclic) bond motifs is 1. The lowest BCUT2D eigenvalue weighted by Gasteiger charge is -2.29. The van der Waals surface area contributed by atoms with Crippen molar-refractivity contribution in [1.82, 2.24) is 10.2 Å². The summed E-state index contributed by atoms with van der Waals surface area (Å²) in [6.07, 6.45) is 2.00. The number of aryl methyl sites for hydroxylation is 2. The summed E-state index contributed by atoms with van der Waals surface area (Å²) < 4.78 is 11.7. The Kier molecular flexibility index (Phi) is 6.40. The Morgan fingerprint density at radius 3 is 2.44 bits per heavy atom. The number of methoxy groups -OCH3 is 1. The van der Waals surface area contributed by atoms with Crippen LogP contribution in [0.5, 0.6) is 11.5 Å². The Balaban J connectivity index is 1.90. The highest BCUT2D eigenvalue weighted by Gasteiger charge is 2.24. The highest BCUT2D eigenvalue weighted by molar-refractivity contribution is 5.52. The van der Waals surface area contributed by atoms with Crippen molar-refractivity contribution in [3.8, 4) is 11.5 Å². The van der Waals surface area contributed by atoms with Crippen molar-refractivity contribution in [2.45, 2.75) is 32.7 Å². The highest BCUT2D eigenvalue weighted by Crippen LogP contribution is 2.38. The molecule has 1 unspecified atom stereocenters. The topological polar surface area (TPSA) is 33.7 Å². The summed E-state index contributed by atoms with van der Waals surface area (Å²) in [6.45, 7) is 6.99. The van der Waals surface area contributed by atoms with Gasteiger partial charge >= 0.3 is 0 Å². The zero-order valence-corrected chi connectivity index (χ0v) is 17.3. The molecule has 0 radical (unpaired) electrons. The number of hydrogen-bond acceptors (Lipinski definition) is 4. The maximum absolute atomic E-state index is 6.10. The van der Waals surface area contributed by atoms with E-state index in [1.165, 1.54) is 27.8 Å². The van der Waals surface area contributed by atoms with Crippen LogP contribution in [-0.2, 0) is 6.42 Å². The van der Waals surface area contributed by atoms with E-state index < -0.39 is 0 Å². The van der Waals surface area contributed by atoms with Crippen molar-refractivity contribution in [3.05, 3.63) is 58.1 Å². The van der Waals surface area contributed by atoms with E-state index in [2.05, 4.69) is 68.5 Å². The summed E-state index contributed by atoms with van der Waals surface area (Å²) in [5.74, 6) is 1.67. The molecular formula is C23H32N2O2. The standard InChI is InChI=1S/C23H32N2O2/c1-16-11-17(2)13-19(12-16)23-20-15-22(27-10-6-9-25(3)4)21(26-5)14-18(20)7-8-24-23/h11-15,23-24H,6-10H2,1-5H3. The van der Waals surface area contributed by atoms with Gasteiger partial charge in [-0.15, -0.1) is 0 Å². The first-order valence-corrected chi connectivity index (χ1v) is 9.78. The molecule has 0 spiro atoms. The molecule has 0 aromatic heterocycles. The summed E-state index contributed by atoms with van der Waals surface area (Å²) in [4.78, 5) is 2.17. The van der Waals surface area contributed by atoms with Crippen LogP contribution in [-0.4, -0.2) is 45.8 Å². The summed E-state index contributed by atoms with van der Waals surface area (Å²) in [7, 11) is 5.88. The van der Waals surface area contributed by atoms with Crippen molar-refractivity contribution >= 4 is 0 Å². The highest BCUT2D eigenvalue weighted by atomic mass is 16.5. The van der Waals surface area contributed by atoms with E-state index in [9.17, 15) is 0 Å². The van der Waals surface area contributed by atoms with Crippen LogP contribution in [0.15, 0.2) is 30.3 Å². The lowest BCUT2D eigenvalue weighted by Crippen LogP contribution is -2.30. The van der Waals surface area contributed by atoms with E-state index in [1.54, 1.807) is 7.11 Å². The minimum absolute atomic E-state index is 0.197. The Morgan fingerprint density at radius 2 is 1.78 bits per heavy atom. The van der Waals surface area contributed by atoms with E-state index in [0.717, 1.165) is 37.4 Å². The van der Waals surface area contributed by atoms with Gasteiger partial charge in [-0.3, -0.25) is 0 Å². The molecule has 1 N–H and O–H groups in total. The molecule has 3 rings (SSSR count). The van der Waals surface area contributed by atoms with Gasteiger partial charge in [0.2, 0.25) is 0 Å². The first-order chi connectivity index (χ1) is 13.0. The molecule has 4 nitrogen and oxygen atoms in total. The van der Waals surface area contributed by atoms with Gasteiger partial charge in [-0.05, 0) is 69.6 Å². The molecule has 2 aromatic rings. The van der Waals surface area contributed by atoms with E-state index in [1.807, 2.05) is 0 Å². The number of ether oxygens (including phenoxy) is 2. The van der Waals surface area contributed by atoms with E-state index >= 15 is 0 Å². The predicted molar refractivity (Wildman–Crippen MR) is 111 cm³/mol. The van der Waals surface area contributed by atoms with Gasteiger partial charge in [0.25, 0.3) is 0 Å². The second-order valence-electron chi connectivity index (χ2n) is 7.77. The summed E-state index contributed by atoms with van der Waals surface area (Å²) in [5.41, 5.74) is 6.56. The molecule has 146 valence electrons. The van der Waals surface area contributed by atoms with Crippen LogP contribution in [0.25, 0.3) is 0 Å². The molecule has 27 heavy (non-hydrogen) atoms. The molecular weight excluding hydrogens is 336 g/mol. The van der Waals surface area contributed by atoms with Gasteiger partial charge in [-0.2, -0.15) is 0 Å². The molecule has 2 aromatic carbocycles. The number of rotatable bonds is 7. The second kappa shape index (κ2) is 8.77. The lowest BCUT2D eigenvalue weighted by molar-refractivity contribution is 0.267. The quantitative estimate of drug-likeness (QED) is 0.752. The van der Waals surface area contributed by atoms with Gasteiger partial charge in [0, 0.05) is 13.1 Å². The average Bonchev–Trinajstić information content (AvgIpc) is 2.63. The molecule has 1 heterocycles. The first-order valence-electron chi connectivity index (χ1n) is 9.78. The van der Waals surface area contributed by atoms with Crippen molar-refractivity contribution in [3.63, 3.8) is 0 Å². The fourth-order valence-electron chi connectivity index (χ4n) is 3.87. The summed E-state index contributed by atoms with van der Waals surface area (Å²) >= 11 is 0. The fraction of sp³-hybridized carbons (Fsp3) is 0.478. The summed E-state index contributed by atoms with van der Waals surface area (Å²) in [6, 6.07) is 11.3. The summed E-state index contributed by atoms with van der Waals surface area (Å²) in [5, 5.41) is 3.69. The Bertz CT molecular complexity index is 766. The predicted octanol–water partition coefficient (Wildman–Crippen LogP) is 3.88. The van der Waals surface area contributed by atoms with Crippen LogP contribution in [0.4, 0.5) is 0 Å². The number of hydrogen-bond donors (Lipinski definition) is 1.